The van der Waals surface area contributed by atoms with Gasteiger partial charge in [0.15, 0.2) is 0 Å². The highest BCUT2D eigenvalue weighted by atomic mass is 35.5. The molecule has 1 aromatic carbocycles. The molecule has 1 atom stereocenters. The molecule has 1 aliphatic heterocycles. The molecule has 1 aromatic rings. The van der Waals surface area contributed by atoms with Crippen LogP contribution in [-0.4, -0.2) is 11.7 Å². The number of benzene rings is 1. The standard InChI is InChI=1S/C11H14ClNO/c12-8-4-3-6-10(14)11(8)9-5-1-2-7-13-9/h3-4,6,9,13-14H,1-2,5,7H2. The lowest BCUT2D eigenvalue weighted by molar-refractivity contribution is 0.391. The molecule has 1 aliphatic rings. The molecule has 1 heterocycles. The zero-order valence-corrected chi connectivity index (χ0v) is 8.72. The third-order valence-electron chi connectivity index (χ3n) is 2.69. The Kier molecular flexibility index (Phi) is 2.94. The summed E-state index contributed by atoms with van der Waals surface area (Å²) in [6, 6.07) is 5.51. The van der Waals surface area contributed by atoms with E-state index in [1.165, 1.54) is 12.8 Å². The van der Waals surface area contributed by atoms with Gasteiger partial charge in [0, 0.05) is 16.6 Å². The summed E-state index contributed by atoms with van der Waals surface area (Å²) in [5, 5.41) is 13.7. The maximum absolute atomic E-state index is 9.72. The van der Waals surface area contributed by atoms with Crippen molar-refractivity contribution in [1.29, 1.82) is 0 Å². The largest absolute Gasteiger partial charge is 0.508 e. The van der Waals surface area contributed by atoms with Crippen LogP contribution >= 0.6 is 11.6 Å². The van der Waals surface area contributed by atoms with Crippen LogP contribution in [0.1, 0.15) is 30.9 Å². The number of phenols is 1. The summed E-state index contributed by atoms with van der Waals surface area (Å²) in [5.41, 5.74) is 0.855. The van der Waals surface area contributed by atoms with Crippen molar-refractivity contribution in [1.82, 2.24) is 5.32 Å². The summed E-state index contributed by atoms with van der Waals surface area (Å²) in [7, 11) is 0. The molecule has 2 rings (SSSR count). The van der Waals surface area contributed by atoms with Crippen molar-refractivity contribution in [3.8, 4) is 5.75 Å². The summed E-state index contributed by atoms with van der Waals surface area (Å²) < 4.78 is 0. The Hall–Kier alpha value is -0.730. The molecule has 76 valence electrons. The van der Waals surface area contributed by atoms with Gasteiger partial charge in [-0.2, -0.15) is 0 Å². The fourth-order valence-electron chi connectivity index (χ4n) is 1.97. The van der Waals surface area contributed by atoms with Crippen LogP contribution in [0, 0.1) is 0 Å². The SMILES string of the molecule is Oc1cccc(Cl)c1C1CCCCN1. The third-order valence-corrected chi connectivity index (χ3v) is 3.02. The van der Waals surface area contributed by atoms with Crippen molar-refractivity contribution in [2.45, 2.75) is 25.3 Å². The van der Waals surface area contributed by atoms with Crippen LogP contribution in [0.4, 0.5) is 0 Å². The monoisotopic (exact) mass is 211 g/mol. The molecule has 1 saturated heterocycles. The summed E-state index contributed by atoms with van der Waals surface area (Å²) in [6.45, 7) is 1.01. The van der Waals surface area contributed by atoms with Gasteiger partial charge < -0.3 is 10.4 Å². The molecule has 0 radical (unpaired) electrons. The molecule has 0 spiro atoms. The number of aromatic hydroxyl groups is 1. The first-order chi connectivity index (χ1) is 6.79. The smallest absolute Gasteiger partial charge is 0.121 e. The maximum atomic E-state index is 9.72. The van der Waals surface area contributed by atoms with E-state index < -0.39 is 0 Å². The highest BCUT2D eigenvalue weighted by molar-refractivity contribution is 6.31. The Bertz CT molecular complexity index is 301. The van der Waals surface area contributed by atoms with Crippen molar-refractivity contribution in [2.24, 2.45) is 0 Å². The van der Waals surface area contributed by atoms with E-state index in [9.17, 15) is 5.11 Å². The molecular weight excluding hydrogens is 198 g/mol. The average Bonchev–Trinajstić information content (AvgIpc) is 2.19. The minimum absolute atomic E-state index is 0.220. The number of piperidine rings is 1. The van der Waals surface area contributed by atoms with Gasteiger partial charge in [-0.15, -0.1) is 0 Å². The van der Waals surface area contributed by atoms with E-state index in [4.69, 9.17) is 11.6 Å². The van der Waals surface area contributed by atoms with Gasteiger partial charge in [-0.1, -0.05) is 24.1 Å². The van der Waals surface area contributed by atoms with E-state index in [0.717, 1.165) is 18.5 Å². The van der Waals surface area contributed by atoms with E-state index in [1.54, 1.807) is 12.1 Å². The summed E-state index contributed by atoms with van der Waals surface area (Å²) in [4.78, 5) is 0. The predicted octanol–water partition coefficient (Wildman–Crippen LogP) is 2.86. The highest BCUT2D eigenvalue weighted by Gasteiger charge is 2.20. The first kappa shape index (κ1) is 9.81. The molecule has 0 amide bonds. The zero-order chi connectivity index (χ0) is 9.97. The van der Waals surface area contributed by atoms with Gasteiger partial charge >= 0.3 is 0 Å². The normalized spacial score (nSPS) is 22.2. The molecule has 1 fully saturated rings. The lowest BCUT2D eigenvalue weighted by atomic mass is 9.97. The van der Waals surface area contributed by atoms with Crippen molar-refractivity contribution in [2.75, 3.05) is 6.54 Å². The second-order valence-corrected chi connectivity index (χ2v) is 4.08. The van der Waals surface area contributed by atoms with Gasteiger partial charge in [0.25, 0.3) is 0 Å². The van der Waals surface area contributed by atoms with Crippen molar-refractivity contribution in [3.05, 3.63) is 28.8 Å². The van der Waals surface area contributed by atoms with Crippen LogP contribution in [0.15, 0.2) is 18.2 Å². The fourth-order valence-corrected chi connectivity index (χ4v) is 2.27. The van der Waals surface area contributed by atoms with Crippen LogP contribution < -0.4 is 5.32 Å². The molecule has 2 nitrogen and oxygen atoms in total. The van der Waals surface area contributed by atoms with E-state index in [0.29, 0.717) is 10.8 Å². The zero-order valence-electron chi connectivity index (χ0n) is 7.96. The first-order valence-corrected chi connectivity index (χ1v) is 5.37. The molecule has 0 aromatic heterocycles. The Morgan fingerprint density at radius 1 is 1.36 bits per heavy atom. The second-order valence-electron chi connectivity index (χ2n) is 3.68. The van der Waals surface area contributed by atoms with E-state index >= 15 is 0 Å². The van der Waals surface area contributed by atoms with Gasteiger partial charge in [-0.25, -0.2) is 0 Å². The molecular formula is C11H14ClNO. The number of rotatable bonds is 1. The Morgan fingerprint density at radius 3 is 2.86 bits per heavy atom. The minimum Gasteiger partial charge on any atom is -0.508 e. The molecule has 14 heavy (non-hydrogen) atoms. The van der Waals surface area contributed by atoms with Crippen molar-refractivity contribution >= 4 is 11.6 Å². The number of nitrogens with one attached hydrogen (secondary N) is 1. The molecule has 2 N–H and O–H groups in total. The topological polar surface area (TPSA) is 32.3 Å². The van der Waals surface area contributed by atoms with Crippen LogP contribution in [-0.2, 0) is 0 Å². The minimum atomic E-state index is 0.220. The molecule has 0 saturated carbocycles. The third kappa shape index (κ3) is 1.86. The van der Waals surface area contributed by atoms with Crippen LogP contribution in [0.3, 0.4) is 0 Å². The predicted molar refractivity (Wildman–Crippen MR) is 57.7 cm³/mol. The number of hydrogen-bond acceptors (Lipinski definition) is 2. The molecule has 0 aliphatic carbocycles. The highest BCUT2D eigenvalue weighted by Crippen LogP contribution is 2.34. The van der Waals surface area contributed by atoms with E-state index in [1.807, 2.05) is 6.07 Å². The Labute approximate surface area is 88.9 Å². The maximum Gasteiger partial charge on any atom is 0.121 e. The van der Waals surface area contributed by atoms with Crippen molar-refractivity contribution in [3.63, 3.8) is 0 Å². The van der Waals surface area contributed by atoms with Gasteiger partial charge in [-0.3, -0.25) is 0 Å². The summed E-state index contributed by atoms with van der Waals surface area (Å²) in [5.74, 6) is 0.303. The van der Waals surface area contributed by atoms with Gasteiger partial charge in [0.2, 0.25) is 0 Å². The Morgan fingerprint density at radius 2 is 2.21 bits per heavy atom. The van der Waals surface area contributed by atoms with E-state index in [-0.39, 0.29) is 6.04 Å². The van der Waals surface area contributed by atoms with E-state index in [2.05, 4.69) is 5.32 Å². The quantitative estimate of drug-likeness (QED) is 0.749. The van der Waals surface area contributed by atoms with Crippen LogP contribution in [0.25, 0.3) is 0 Å². The molecule has 3 heteroatoms. The fraction of sp³-hybridized carbons (Fsp3) is 0.455. The second kappa shape index (κ2) is 4.20. The van der Waals surface area contributed by atoms with Gasteiger partial charge in [-0.05, 0) is 31.5 Å². The molecule has 0 bridgehead atoms. The first-order valence-electron chi connectivity index (χ1n) is 5.00. The van der Waals surface area contributed by atoms with Gasteiger partial charge in [0.1, 0.15) is 5.75 Å². The number of hydrogen-bond donors (Lipinski definition) is 2. The van der Waals surface area contributed by atoms with Crippen molar-refractivity contribution < 1.29 is 5.11 Å². The van der Waals surface area contributed by atoms with Crippen LogP contribution in [0.2, 0.25) is 5.02 Å². The average molecular weight is 212 g/mol. The van der Waals surface area contributed by atoms with Gasteiger partial charge in [0.05, 0.1) is 0 Å². The Balaban J connectivity index is 2.29. The number of phenolic OH excluding ortho intramolecular Hbond substituents is 1. The lowest BCUT2D eigenvalue weighted by Gasteiger charge is -2.25. The van der Waals surface area contributed by atoms with Crippen LogP contribution in [0.5, 0.6) is 5.75 Å². The lowest BCUT2D eigenvalue weighted by Crippen LogP contribution is -2.27. The summed E-state index contributed by atoms with van der Waals surface area (Å²) in [6.07, 6.45) is 3.46. The molecule has 1 unspecified atom stereocenters. The summed E-state index contributed by atoms with van der Waals surface area (Å²) >= 11 is 6.06. The number of halogens is 1.